The Labute approximate surface area is 312 Å². The molecule has 3 aliphatic heterocycles. The molecule has 6 aliphatic rings. The zero-order valence-corrected chi connectivity index (χ0v) is 30.0. The number of hydrogen-bond donors (Lipinski definition) is 11. The molecule has 0 amide bonds. The molecule has 18 heteroatoms. The van der Waals surface area contributed by atoms with Gasteiger partial charge in [0.25, 0.3) is 0 Å². The molecule has 310 valence electrons. The predicted molar refractivity (Wildman–Crippen MR) is 180 cm³/mol. The Morgan fingerprint density at radius 3 is 1.91 bits per heavy atom. The predicted octanol–water partition coefficient (Wildman–Crippen LogP) is -3.53. The standard InChI is InChI=1S/C36H58O18/c37-13-25-28(43)30(45)32(47)35(53-25)51-23-9-15(1-7-20(23)40)2-8-27(42)49-14-26-29(44)31(46)33(48)36(54-26)52-24-12-19-21(41)10-18(39)11-22(19)50-34(24)16-3-5-17(38)6-4-16/h2,8,15-26,28-41,43-48H,1,3-7,9-14H2. The molecule has 11 N–H and O–H groups in total. The van der Waals surface area contributed by atoms with E-state index in [4.69, 9.17) is 28.4 Å². The van der Waals surface area contributed by atoms with Gasteiger partial charge in [0, 0.05) is 12.0 Å². The summed E-state index contributed by atoms with van der Waals surface area (Å²) in [5.74, 6) is -1.46. The van der Waals surface area contributed by atoms with Crippen LogP contribution in [0.3, 0.4) is 0 Å². The van der Waals surface area contributed by atoms with Crippen molar-refractivity contribution in [2.24, 2.45) is 17.8 Å². The van der Waals surface area contributed by atoms with Crippen LogP contribution in [-0.2, 0) is 33.2 Å². The van der Waals surface area contributed by atoms with E-state index in [-0.39, 0.29) is 37.0 Å². The second-order valence-electron chi connectivity index (χ2n) is 16.0. The number of aliphatic hydroxyl groups excluding tert-OH is 11. The second-order valence-corrected chi connectivity index (χ2v) is 16.0. The number of ether oxygens (including phenoxy) is 6. The highest BCUT2D eigenvalue weighted by Gasteiger charge is 2.52. The molecule has 3 aliphatic carbocycles. The van der Waals surface area contributed by atoms with Gasteiger partial charge in [-0.1, -0.05) is 6.08 Å². The molecule has 0 aromatic carbocycles. The number of fused-ring (bicyclic) bond motifs is 1. The van der Waals surface area contributed by atoms with Crippen LogP contribution in [0.5, 0.6) is 0 Å². The lowest BCUT2D eigenvalue weighted by atomic mass is 9.73. The molecule has 0 spiro atoms. The summed E-state index contributed by atoms with van der Waals surface area (Å²) in [5, 5.41) is 114. The first-order chi connectivity index (χ1) is 25.7. The molecule has 19 atom stereocenters. The van der Waals surface area contributed by atoms with Crippen LogP contribution in [0.25, 0.3) is 0 Å². The van der Waals surface area contributed by atoms with Crippen molar-refractivity contribution in [2.45, 2.75) is 174 Å². The molecule has 6 fully saturated rings. The van der Waals surface area contributed by atoms with Gasteiger partial charge >= 0.3 is 5.97 Å². The molecule has 54 heavy (non-hydrogen) atoms. The van der Waals surface area contributed by atoms with E-state index in [0.717, 1.165) is 6.08 Å². The smallest absolute Gasteiger partial charge is 0.330 e. The first-order valence-corrected chi connectivity index (χ1v) is 19.3. The molecule has 19 unspecified atom stereocenters. The number of carbonyl (C=O) groups excluding carboxylic acids is 1. The molecule has 18 nitrogen and oxygen atoms in total. The summed E-state index contributed by atoms with van der Waals surface area (Å²) >= 11 is 0. The van der Waals surface area contributed by atoms with Crippen LogP contribution >= 0.6 is 0 Å². The minimum Gasteiger partial charge on any atom is -0.460 e. The van der Waals surface area contributed by atoms with E-state index in [9.17, 15) is 61.0 Å². The molecule has 0 radical (unpaired) electrons. The van der Waals surface area contributed by atoms with Crippen molar-refractivity contribution in [2.75, 3.05) is 13.2 Å². The Morgan fingerprint density at radius 1 is 0.611 bits per heavy atom. The van der Waals surface area contributed by atoms with Gasteiger partial charge in [-0.3, -0.25) is 0 Å². The number of hydrogen-bond acceptors (Lipinski definition) is 18. The second kappa shape index (κ2) is 18.4. The highest BCUT2D eigenvalue weighted by molar-refractivity contribution is 5.81. The topological polar surface area (TPSA) is 295 Å². The van der Waals surface area contributed by atoms with Crippen molar-refractivity contribution < 1.29 is 89.4 Å². The summed E-state index contributed by atoms with van der Waals surface area (Å²) in [6.07, 6.45) is -13.7. The zero-order chi connectivity index (χ0) is 38.8. The Morgan fingerprint density at radius 2 is 1.24 bits per heavy atom. The summed E-state index contributed by atoms with van der Waals surface area (Å²) in [6, 6.07) is 0. The van der Waals surface area contributed by atoms with Crippen molar-refractivity contribution >= 4 is 5.97 Å². The molecule has 0 bridgehead atoms. The number of allylic oxidation sites excluding steroid dienone is 1. The van der Waals surface area contributed by atoms with Crippen LogP contribution in [0.4, 0.5) is 0 Å². The van der Waals surface area contributed by atoms with Crippen molar-refractivity contribution in [3.05, 3.63) is 12.2 Å². The number of carbonyl (C=O) groups is 1. The van der Waals surface area contributed by atoms with Crippen molar-refractivity contribution in [3.8, 4) is 0 Å². The van der Waals surface area contributed by atoms with Crippen LogP contribution in [0.2, 0.25) is 0 Å². The molecule has 0 aromatic rings. The van der Waals surface area contributed by atoms with E-state index >= 15 is 0 Å². The third kappa shape index (κ3) is 9.63. The molecular weight excluding hydrogens is 720 g/mol. The normalized spacial score (nSPS) is 50.4. The van der Waals surface area contributed by atoms with Gasteiger partial charge in [-0.05, 0) is 76.0 Å². The monoisotopic (exact) mass is 778 g/mol. The third-order valence-electron chi connectivity index (χ3n) is 12.2. The summed E-state index contributed by atoms with van der Waals surface area (Å²) in [6.45, 7) is -1.14. The number of aliphatic hydroxyl groups is 11. The van der Waals surface area contributed by atoms with E-state index in [1.54, 1.807) is 6.08 Å². The van der Waals surface area contributed by atoms with E-state index in [0.29, 0.717) is 44.9 Å². The Balaban J connectivity index is 1.04. The largest absolute Gasteiger partial charge is 0.460 e. The first kappa shape index (κ1) is 42.2. The number of esters is 1. The maximum Gasteiger partial charge on any atom is 0.330 e. The molecule has 3 saturated carbocycles. The molecular formula is C36H58O18. The van der Waals surface area contributed by atoms with E-state index in [1.807, 2.05) is 0 Å². The maximum atomic E-state index is 12.8. The van der Waals surface area contributed by atoms with Gasteiger partial charge in [-0.2, -0.15) is 0 Å². The summed E-state index contributed by atoms with van der Waals surface area (Å²) in [7, 11) is 0. The number of rotatable bonds is 10. The van der Waals surface area contributed by atoms with Gasteiger partial charge in [0.2, 0.25) is 0 Å². The van der Waals surface area contributed by atoms with E-state index in [1.165, 1.54) is 0 Å². The fraction of sp³-hybridized carbons (Fsp3) is 0.917. The molecule has 0 aromatic heterocycles. The quantitative estimate of drug-likeness (QED) is 0.0756. The van der Waals surface area contributed by atoms with Crippen molar-refractivity contribution in [3.63, 3.8) is 0 Å². The lowest BCUT2D eigenvalue weighted by Gasteiger charge is -2.51. The van der Waals surface area contributed by atoms with Crippen LogP contribution in [0.1, 0.15) is 64.2 Å². The zero-order valence-electron chi connectivity index (χ0n) is 30.0. The lowest BCUT2D eigenvalue weighted by molar-refractivity contribution is -0.333. The molecule has 6 rings (SSSR count). The average molecular weight is 779 g/mol. The average Bonchev–Trinajstić information content (AvgIpc) is 3.15. The van der Waals surface area contributed by atoms with Gasteiger partial charge in [-0.25, -0.2) is 4.79 Å². The fourth-order valence-corrected chi connectivity index (χ4v) is 8.96. The summed E-state index contributed by atoms with van der Waals surface area (Å²) in [4.78, 5) is 12.8. The van der Waals surface area contributed by atoms with Crippen molar-refractivity contribution in [1.29, 1.82) is 0 Å². The van der Waals surface area contributed by atoms with E-state index in [2.05, 4.69) is 0 Å². The van der Waals surface area contributed by atoms with Gasteiger partial charge in [-0.15, -0.1) is 0 Å². The van der Waals surface area contributed by atoms with Gasteiger partial charge < -0.3 is 84.6 Å². The van der Waals surface area contributed by atoms with Crippen LogP contribution in [0, 0.1) is 17.8 Å². The van der Waals surface area contributed by atoms with Gasteiger partial charge in [0.15, 0.2) is 12.6 Å². The highest BCUT2D eigenvalue weighted by atomic mass is 16.7. The third-order valence-corrected chi connectivity index (χ3v) is 12.2. The minimum absolute atomic E-state index is 0.0163. The van der Waals surface area contributed by atoms with Crippen LogP contribution < -0.4 is 0 Å². The van der Waals surface area contributed by atoms with Crippen LogP contribution in [-0.4, -0.2) is 186 Å². The molecule has 3 heterocycles. The summed E-state index contributed by atoms with van der Waals surface area (Å²) in [5.41, 5.74) is 0. The first-order valence-electron chi connectivity index (χ1n) is 19.3. The Hall–Kier alpha value is -1.43. The van der Waals surface area contributed by atoms with Crippen LogP contribution in [0.15, 0.2) is 12.2 Å². The maximum absolute atomic E-state index is 12.8. The Bertz CT molecular complexity index is 1230. The lowest BCUT2D eigenvalue weighted by Crippen LogP contribution is -2.62. The highest BCUT2D eigenvalue weighted by Crippen LogP contribution is 2.43. The SMILES string of the molecule is O=C(C=CC1CCC(O)C(OC2OC(CO)C(O)C(O)C2O)C1)OCC1OC(OC2CC3C(O)CC(O)CC3OC2C2CCC(O)CC2)C(O)C(O)C1O. The Kier molecular flexibility index (Phi) is 14.4. The van der Waals surface area contributed by atoms with Crippen molar-refractivity contribution in [1.82, 2.24) is 0 Å². The summed E-state index contributed by atoms with van der Waals surface area (Å²) < 4.78 is 35.2. The van der Waals surface area contributed by atoms with Gasteiger partial charge in [0.05, 0.1) is 55.4 Å². The van der Waals surface area contributed by atoms with Gasteiger partial charge in [0.1, 0.15) is 55.4 Å². The van der Waals surface area contributed by atoms with E-state index < -0.39 is 129 Å². The minimum atomic E-state index is -1.71. The fourth-order valence-electron chi connectivity index (χ4n) is 8.96. The molecule has 3 saturated heterocycles.